The van der Waals surface area contributed by atoms with Gasteiger partial charge in [0.2, 0.25) is 11.9 Å². The van der Waals surface area contributed by atoms with Gasteiger partial charge in [0.15, 0.2) is 0 Å². The van der Waals surface area contributed by atoms with E-state index in [1.165, 1.54) is 16.7 Å². The third kappa shape index (κ3) is 4.17. The summed E-state index contributed by atoms with van der Waals surface area (Å²) in [5, 5.41) is 3.13. The molecule has 1 N–H and O–H groups in total. The van der Waals surface area contributed by atoms with Crippen LogP contribution >= 0.6 is 0 Å². The molecule has 1 aromatic heterocycles. The molecular formula is C22H28N4O2. The second-order valence-electron chi connectivity index (χ2n) is 7.83. The van der Waals surface area contributed by atoms with E-state index in [-0.39, 0.29) is 11.8 Å². The van der Waals surface area contributed by atoms with Crippen molar-refractivity contribution in [2.75, 3.05) is 31.2 Å². The first kappa shape index (κ1) is 18.9. The predicted octanol–water partition coefficient (Wildman–Crippen LogP) is 2.35. The first-order valence-electron chi connectivity index (χ1n) is 10.1. The summed E-state index contributed by atoms with van der Waals surface area (Å²) in [7, 11) is 0. The molecule has 6 heteroatoms. The number of morpholine rings is 1. The van der Waals surface area contributed by atoms with E-state index in [4.69, 9.17) is 9.72 Å². The van der Waals surface area contributed by atoms with Crippen LogP contribution in [0.4, 0.5) is 5.95 Å². The van der Waals surface area contributed by atoms with E-state index < -0.39 is 0 Å². The van der Waals surface area contributed by atoms with Gasteiger partial charge in [-0.05, 0) is 49.8 Å². The van der Waals surface area contributed by atoms with Gasteiger partial charge in [0, 0.05) is 37.4 Å². The zero-order valence-electron chi connectivity index (χ0n) is 16.7. The van der Waals surface area contributed by atoms with Crippen LogP contribution < -0.4 is 10.2 Å². The van der Waals surface area contributed by atoms with Crippen LogP contribution in [0.25, 0.3) is 0 Å². The number of fused-ring (bicyclic) bond motifs is 1. The lowest BCUT2D eigenvalue weighted by Crippen LogP contribution is -2.38. The number of nitrogens with zero attached hydrogens (tertiary/aromatic N) is 3. The van der Waals surface area contributed by atoms with E-state index in [1.54, 1.807) is 0 Å². The molecule has 1 saturated heterocycles. The number of hydrogen-bond donors (Lipinski definition) is 1. The molecule has 0 saturated carbocycles. The maximum atomic E-state index is 12.7. The minimum absolute atomic E-state index is 0.00421. The lowest BCUT2D eigenvalue weighted by atomic mass is 9.86. The Hall–Kier alpha value is -2.47. The molecule has 6 nitrogen and oxygen atoms in total. The number of anilines is 1. The number of hydrogen-bond acceptors (Lipinski definition) is 5. The number of carbonyl (C=O) groups excluding carboxylic acids is 1. The molecule has 1 unspecified atom stereocenters. The van der Waals surface area contributed by atoms with Crippen molar-refractivity contribution in [3.8, 4) is 0 Å². The third-order valence-electron chi connectivity index (χ3n) is 5.76. The predicted molar refractivity (Wildman–Crippen MR) is 108 cm³/mol. The first-order valence-corrected chi connectivity index (χ1v) is 10.1. The fraction of sp³-hybridized carbons (Fsp3) is 0.500. The van der Waals surface area contributed by atoms with Crippen molar-refractivity contribution < 1.29 is 9.53 Å². The average Bonchev–Trinajstić information content (AvgIpc) is 2.74. The van der Waals surface area contributed by atoms with Crippen molar-refractivity contribution >= 4 is 11.9 Å². The lowest BCUT2D eigenvalue weighted by Gasteiger charge is -2.28. The molecule has 0 radical (unpaired) electrons. The second-order valence-corrected chi connectivity index (χ2v) is 7.83. The fourth-order valence-corrected chi connectivity index (χ4v) is 3.95. The number of nitrogens with one attached hydrogen (secondary N) is 1. The van der Waals surface area contributed by atoms with E-state index >= 15 is 0 Å². The molecule has 0 spiro atoms. The summed E-state index contributed by atoms with van der Waals surface area (Å²) in [6.45, 7) is 7.87. The summed E-state index contributed by atoms with van der Waals surface area (Å²) in [5.41, 5.74) is 5.81. The van der Waals surface area contributed by atoms with Crippen molar-refractivity contribution in [1.82, 2.24) is 15.3 Å². The largest absolute Gasteiger partial charge is 0.378 e. The Morgan fingerprint density at radius 2 is 2.11 bits per heavy atom. The van der Waals surface area contributed by atoms with E-state index in [1.807, 2.05) is 6.20 Å². The highest BCUT2D eigenvalue weighted by Gasteiger charge is 2.27. The van der Waals surface area contributed by atoms with E-state index in [0.717, 1.165) is 62.8 Å². The summed E-state index contributed by atoms with van der Waals surface area (Å²) in [4.78, 5) is 24.2. The molecule has 2 aromatic rings. The van der Waals surface area contributed by atoms with E-state index in [2.05, 4.69) is 47.2 Å². The Bertz CT molecular complexity index is 862. The van der Waals surface area contributed by atoms with Gasteiger partial charge in [0.05, 0.1) is 13.2 Å². The Morgan fingerprint density at radius 3 is 2.93 bits per heavy atom. The summed E-state index contributed by atoms with van der Waals surface area (Å²) >= 11 is 0. The van der Waals surface area contributed by atoms with Gasteiger partial charge in [-0.2, -0.15) is 0 Å². The van der Waals surface area contributed by atoms with Gasteiger partial charge in [-0.3, -0.25) is 4.79 Å². The van der Waals surface area contributed by atoms with Crippen LogP contribution in [0.2, 0.25) is 0 Å². The van der Waals surface area contributed by atoms with Gasteiger partial charge in [-0.25, -0.2) is 9.97 Å². The van der Waals surface area contributed by atoms with Crippen LogP contribution in [0, 0.1) is 19.8 Å². The molecule has 2 heterocycles. The highest BCUT2D eigenvalue weighted by Crippen LogP contribution is 2.26. The monoisotopic (exact) mass is 380 g/mol. The normalized spacial score (nSPS) is 19.2. The van der Waals surface area contributed by atoms with Gasteiger partial charge in [0.25, 0.3) is 0 Å². The summed E-state index contributed by atoms with van der Waals surface area (Å²) in [5.74, 6) is 0.916. The molecule has 1 aliphatic heterocycles. The van der Waals surface area contributed by atoms with Crippen molar-refractivity contribution in [2.45, 2.75) is 39.7 Å². The molecule has 148 valence electrons. The highest BCUT2D eigenvalue weighted by atomic mass is 16.5. The quantitative estimate of drug-likeness (QED) is 0.882. The molecule has 0 bridgehead atoms. The number of carbonyl (C=O) groups is 1. The van der Waals surface area contributed by atoms with Crippen LogP contribution in [0.5, 0.6) is 0 Å². The summed E-state index contributed by atoms with van der Waals surface area (Å²) in [6.07, 6.45) is 4.30. The topological polar surface area (TPSA) is 67.4 Å². The van der Waals surface area contributed by atoms with Gasteiger partial charge < -0.3 is 15.0 Å². The maximum absolute atomic E-state index is 12.7. The van der Waals surface area contributed by atoms with Crippen LogP contribution in [0.1, 0.15) is 34.4 Å². The Balaban J connectivity index is 1.38. The molecule has 1 aromatic carbocycles. The summed E-state index contributed by atoms with van der Waals surface area (Å²) in [6, 6.07) is 6.35. The van der Waals surface area contributed by atoms with Crippen molar-refractivity contribution in [2.24, 2.45) is 5.92 Å². The summed E-state index contributed by atoms with van der Waals surface area (Å²) < 4.78 is 5.40. The van der Waals surface area contributed by atoms with Crippen LogP contribution in [0.3, 0.4) is 0 Å². The van der Waals surface area contributed by atoms with Gasteiger partial charge in [-0.15, -0.1) is 0 Å². The minimum Gasteiger partial charge on any atom is -0.378 e. The molecule has 1 fully saturated rings. The minimum atomic E-state index is -0.00421. The average molecular weight is 380 g/mol. The second kappa shape index (κ2) is 8.27. The van der Waals surface area contributed by atoms with Gasteiger partial charge >= 0.3 is 0 Å². The highest BCUT2D eigenvalue weighted by molar-refractivity contribution is 5.79. The molecule has 1 aliphatic carbocycles. The molecule has 1 atom stereocenters. The number of benzene rings is 1. The van der Waals surface area contributed by atoms with Gasteiger partial charge in [0.1, 0.15) is 0 Å². The van der Waals surface area contributed by atoms with Crippen molar-refractivity contribution in [3.63, 3.8) is 0 Å². The SMILES string of the molecule is Cc1ccc(C)c(CNC(=O)C2CCc3nc(N4CCOCC4)ncc3C2)c1. The van der Waals surface area contributed by atoms with E-state index in [0.29, 0.717) is 6.54 Å². The molecule has 1 amide bonds. The van der Waals surface area contributed by atoms with Crippen LogP contribution in [-0.4, -0.2) is 42.2 Å². The van der Waals surface area contributed by atoms with Crippen LogP contribution in [0.15, 0.2) is 24.4 Å². The molecule has 28 heavy (non-hydrogen) atoms. The molecule has 4 rings (SSSR count). The number of aromatic nitrogens is 2. The lowest BCUT2D eigenvalue weighted by molar-refractivity contribution is -0.125. The van der Waals surface area contributed by atoms with Crippen molar-refractivity contribution in [1.29, 1.82) is 0 Å². The number of amides is 1. The fourth-order valence-electron chi connectivity index (χ4n) is 3.95. The zero-order chi connectivity index (χ0) is 19.5. The third-order valence-corrected chi connectivity index (χ3v) is 5.76. The smallest absolute Gasteiger partial charge is 0.225 e. The maximum Gasteiger partial charge on any atom is 0.225 e. The number of rotatable bonds is 4. The standard InChI is InChI=1S/C22H28N4O2/c1-15-3-4-16(2)18(11-15)13-23-21(27)17-5-6-20-19(12-17)14-24-22(25-20)26-7-9-28-10-8-26/h3-4,11,14,17H,5-10,12-13H2,1-2H3,(H,23,27). The van der Waals surface area contributed by atoms with Crippen LogP contribution in [-0.2, 0) is 28.9 Å². The molecule has 2 aliphatic rings. The van der Waals surface area contributed by atoms with E-state index in [9.17, 15) is 4.79 Å². The zero-order valence-corrected chi connectivity index (χ0v) is 16.7. The Labute approximate surface area is 166 Å². The Kier molecular flexibility index (Phi) is 5.57. The first-order chi connectivity index (χ1) is 13.6. The molecular weight excluding hydrogens is 352 g/mol. The number of aryl methyl sites for hydroxylation is 3. The van der Waals surface area contributed by atoms with Crippen molar-refractivity contribution in [3.05, 3.63) is 52.3 Å². The number of ether oxygens (including phenoxy) is 1. The Morgan fingerprint density at radius 1 is 1.29 bits per heavy atom. The van der Waals surface area contributed by atoms with Gasteiger partial charge in [-0.1, -0.05) is 23.8 Å².